The predicted octanol–water partition coefficient (Wildman–Crippen LogP) is 2.09. The number of halogens is 1. The Bertz CT molecular complexity index is 308. The molecule has 1 unspecified atom stereocenters. The predicted molar refractivity (Wildman–Crippen MR) is 70.3 cm³/mol. The number of benzene rings is 1. The zero-order valence-corrected chi connectivity index (χ0v) is 10.7. The van der Waals surface area contributed by atoms with Crippen molar-refractivity contribution < 1.29 is 9.53 Å². The summed E-state index contributed by atoms with van der Waals surface area (Å²) in [6.07, 6.45) is 2.63. The van der Waals surface area contributed by atoms with Gasteiger partial charge in [0.15, 0.2) is 0 Å². The SMILES string of the molecule is CSCCC(N)C(=O)Oc1ccccc1.Cl. The van der Waals surface area contributed by atoms with E-state index in [1.54, 1.807) is 23.9 Å². The van der Waals surface area contributed by atoms with Gasteiger partial charge in [-0.15, -0.1) is 12.4 Å². The first kappa shape index (κ1) is 15.3. The van der Waals surface area contributed by atoms with Gasteiger partial charge in [-0.05, 0) is 30.6 Å². The number of carbonyl (C=O) groups is 1. The molecular formula is C11H16ClNO2S. The highest BCUT2D eigenvalue weighted by Gasteiger charge is 2.14. The van der Waals surface area contributed by atoms with Gasteiger partial charge in [0.05, 0.1) is 0 Å². The van der Waals surface area contributed by atoms with E-state index in [1.165, 1.54) is 0 Å². The number of thioether (sulfide) groups is 1. The number of nitrogens with two attached hydrogens (primary N) is 1. The van der Waals surface area contributed by atoms with Crippen molar-refractivity contribution in [2.24, 2.45) is 5.73 Å². The van der Waals surface area contributed by atoms with Crippen LogP contribution in [0.1, 0.15) is 6.42 Å². The van der Waals surface area contributed by atoms with Gasteiger partial charge in [0.1, 0.15) is 11.8 Å². The van der Waals surface area contributed by atoms with Gasteiger partial charge in [-0.25, -0.2) is 4.79 Å². The molecule has 3 nitrogen and oxygen atoms in total. The van der Waals surface area contributed by atoms with Gasteiger partial charge < -0.3 is 10.5 Å². The third-order valence-corrected chi connectivity index (χ3v) is 2.54. The van der Waals surface area contributed by atoms with Crippen LogP contribution < -0.4 is 10.5 Å². The zero-order chi connectivity index (χ0) is 11.1. The van der Waals surface area contributed by atoms with Crippen molar-refractivity contribution in [3.05, 3.63) is 30.3 Å². The van der Waals surface area contributed by atoms with Crippen LogP contribution in [-0.4, -0.2) is 24.0 Å². The summed E-state index contributed by atoms with van der Waals surface area (Å²) in [4.78, 5) is 11.5. The van der Waals surface area contributed by atoms with Gasteiger partial charge in [0, 0.05) is 0 Å². The summed E-state index contributed by atoms with van der Waals surface area (Å²) < 4.78 is 5.10. The Hall–Kier alpha value is -0.710. The van der Waals surface area contributed by atoms with Crippen molar-refractivity contribution in [3.63, 3.8) is 0 Å². The van der Waals surface area contributed by atoms with Crippen LogP contribution in [0.2, 0.25) is 0 Å². The molecule has 1 rings (SSSR count). The standard InChI is InChI=1S/C11H15NO2S.ClH/c1-15-8-7-10(12)11(13)14-9-5-3-2-4-6-9;/h2-6,10H,7-8,12H2,1H3;1H. The van der Waals surface area contributed by atoms with Crippen LogP contribution >= 0.6 is 24.2 Å². The van der Waals surface area contributed by atoms with Crippen molar-refractivity contribution in [2.75, 3.05) is 12.0 Å². The number of hydrogen-bond acceptors (Lipinski definition) is 4. The van der Waals surface area contributed by atoms with E-state index in [9.17, 15) is 4.79 Å². The lowest BCUT2D eigenvalue weighted by atomic mass is 10.2. The largest absolute Gasteiger partial charge is 0.425 e. The molecule has 0 spiro atoms. The summed E-state index contributed by atoms with van der Waals surface area (Å²) in [7, 11) is 0. The smallest absolute Gasteiger partial charge is 0.328 e. The molecule has 0 aromatic heterocycles. The van der Waals surface area contributed by atoms with Crippen LogP contribution in [0, 0.1) is 0 Å². The molecule has 0 fully saturated rings. The molecule has 0 radical (unpaired) electrons. The van der Waals surface area contributed by atoms with E-state index in [0.717, 1.165) is 5.75 Å². The van der Waals surface area contributed by atoms with E-state index in [1.807, 2.05) is 24.5 Å². The fraction of sp³-hybridized carbons (Fsp3) is 0.364. The first-order valence-corrected chi connectivity index (χ1v) is 6.14. The van der Waals surface area contributed by atoms with Gasteiger partial charge in [-0.3, -0.25) is 0 Å². The molecule has 1 atom stereocenters. The maximum absolute atomic E-state index is 11.5. The lowest BCUT2D eigenvalue weighted by Crippen LogP contribution is -2.34. The molecule has 5 heteroatoms. The van der Waals surface area contributed by atoms with Crippen molar-refractivity contribution in [1.82, 2.24) is 0 Å². The number of carbonyl (C=O) groups excluding carboxylic acids is 1. The van der Waals surface area contributed by atoms with Crippen molar-refractivity contribution in [1.29, 1.82) is 0 Å². The normalized spacial score (nSPS) is 11.4. The lowest BCUT2D eigenvalue weighted by Gasteiger charge is -2.10. The second-order valence-electron chi connectivity index (χ2n) is 3.12. The number of rotatable bonds is 5. The molecule has 1 aromatic carbocycles. The fourth-order valence-electron chi connectivity index (χ4n) is 1.04. The van der Waals surface area contributed by atoms with Crippen LogP contribution in [0.25, 0.3) is 0 Å². The third kappa shape index (κ3) is 5.39. The van der Waals surface area contributed by atoms with E-state index < -0.39 is 6.04 Å². The molecule has 2 N–H and O–H groups in total. The highest BCUT2D eigenvalue weighted by Crippen LogP contribution is 2.10. The van der Waals surface area contributed by atoms with Crippen molar-refractivity contribution >= 4 is 30.1 Å². The van der Waals surface area contributed by atoms with Crippen LogP contribution in [-0.2, 0) is 4.79 Å². The molecule has 0 bridgehead atoms. The van der Waals surface area contributed by atoms with Gasteiger partial charge in [-0.2, -0.15) is 11.8 Å². The molecule has 0 amide bonds. The maximum Gasteiger partial charge on any atom is 0.328 e. The molecule has 0 heterocycles. The molecule has 0 aliphatic carbocycles. The Kier molecular flexibility index (Phi) is 8.07. The molecule has 0 saturated heterocycles. The monoisotopic (exact) mass is 261 g/mol. The van der Waals surface area contributed by atoms with E-state index in [0.29, 0.717) is 12.2 Å². The summed E-state index contributed by atoms with van der Waals surface area (Å²) in [5.41, 5.74) is 5.66. The minimum absolute atomic E-state index is 0. The minimum Gasteiger partial charge on any atom is -0.425 e. The molecule has 0 saturated carbocycles. The first-order chi connectivity index (χ1) is 7.24. The van der Waals surface area contributed by atoms with Gasteiger partial charge in [0.2, 0.25) is 0 Å². The molecule has 0 aliphatic rings. The van der Waals surface area contributed by atoms with Crippen molar-refractivity contribution in [2.45, 2.75) is 12.5 Å². The van der Waals surface area contributed by atoms with Crippen molar-refractivity contribution in [3.8, 4) is 5.75 Å². The van der Waals surface area contributed by atoms with E-state index in [-0.39, 0.29) is 18.4 Å². The number of esters is 1. The fourth-order valence-corrected chi connectivity index (χ4v) is 1.53. The van der Waals surface area contributed by atoms with E-state index in [2.05, 4.69) is 0 Å². The molecule has 0 aliphatic heterocycles. The van der Waals surface area contributed by atoms with E-state index in [4.69, 9.17) is 10.5 Å². The number of ether oxygens (including phenoxy) is 1. The molecular weight excluding hydrogens is 246 g/mol. The Morgan fingerprint density at radius 1 is 1.44 bits per heavy atom. The highest BCUT2D eigenvalue weighted by molar-refractivity contribution is 7.98. The van der Waals surface area contributed by atoms with Crippen LogP contribution in [0.4, 0.5) is 0 Å². The summed E-state index contributed by atoms with van der Waals surface area (Å²) in [6, 6.07) is 8.44. The summed E-state index contributed by atoms with van der Waals surface area (Å²) in [6.45, 7) is 0. The summed E-state index contributed by atoms with van der Waals surface area (Å²) in [5, 5.41) is 0. The van der Waals surface area contributed by atoms with Crippen LogP contribution in [0.15, 0.2) is 30.3 Å². The third-order valence-electron chi connectivity index (χ3n) is 1.90. The van der Waals surface area contributed by atoms with Gasteiger partial charge in [0.25, 0.3) is 0 Å². The Labute approximate surface area is 106 Å². The summed E-state index contributed by atoms with van der Waals surface area (Å²) in [5.74, 6) is 1.04. The topological polar surface area (TPSA) is 52.3 Å². The Balaban J connectivity index is 0.00000225. The Morgan fingerprint density at radius 2 is 2.06 bits per heavy atom. The number of para-hydroxylation sites is 1. The highest BCUT2D eigenvalue weighted by atomic mass is 35.5. The van der Waals surface area contributed by atoms with Crippen LogP contribution in [0.5, 0.6) is 5.75 Å². The molecule has 1 aromatic rings. The lowest BCUT2D eigenvalue weighted by molar-refractivity contribution is -0.135. The maximum atomic E-state index is 11.5. The molecule has 90 valence electrons. The second kappa shape index (κ2) is 8.44. The van der Waals surface area contributed by atoms with E-state index >= 15 is 0 Å². The average Bonchev–Trinajstić information content (AvgIpc) is 2.27. The summed E-state index contributed by atoms with van der Waals surface area (Å²) >= 11 is 1.67. The average molecular weight is 262 g/mol. The van der Waals surface area contributed by atoms with Gasteiger partial charge >= 0.3 is 5.97 Å². The quantitative estimate of drug-likeness (QED) is 0.651. The first-order valence-electron chi connectivity index (χ1n) is 4.75. The zero-order valence-electron chi connectivity index (χ0n) is 9.09. The molecule has 16 heavy (non-hydrogen) atoms. The second-order valence-corrected chi connectivity index (χ2v) is 4.11. The van der Waals surface area contributed by atoms with Gasteiger partial charge in [-0.1, -0.05) is 18.2 Å². The van der Waals surface area contributed by atoms with Crippen LogP contribution in [0.3, 0.4) is 0 Å². The Morgan fingerprint density at radius 3 is 2.62 bits per heavy atom. The minimum atomic E-state index is -0.530. The number of hydrogen-bond donors (Lipinski definition) is 1.